The second-order valence-electron chi connectivity index (χ2n) is 5.09. The van der Waals surface area contributed by atoms with Crippen molar-refractivity contribution in [3.8, 4) is 0 Å². The number of rotatable bonds is 8. The van der Waals surface area contributed by atoms with Crippen molar-refractivity contribution in [2.45, 2.75) is 31.3 Å². The molecule has 1 aromatic rings. The third kappa shape index (κ3) is 5.52. The largest absolute Gasteiger partial charge is 0.467 e. The van der Waals surface area contributed by atoms with E-state index in [1.54, 1.807) is 24.6 Å². The average Bonchev–Trinajstić information content (AvgIpc) is 2.62. The van der Waals surface area contributed by atoms with Crippen LogP contribution < -0.4 is 5.32 Å². The molecule has 7 nitrogen and oxygen atoms in total. The van der Waals surface area contributed by atoms with Gasteiger partial charge in [0.25, 0.3) is 5.91 Å². The molecule has 0 saturated heterocycles. The number of thioether (sulfide) groups is 1. The van der Waals surface area contributed by atoms with Gasteiger partial charge in [0.05, 0.1) is 12.7 Å². The van der Waals surface area contributed by atoms with Gasteiger partial charge in [0.2, 0.25) is 0 Å². The lowest BCUT2D eigenvalue weighted by molar-refractivity contribution is -0.147. The fraction of sp³-hybridized carbons (Fsp3) is 0.500. The molecule has 1 amide bonds. The summed E-state index contributed by atoms with van der Waals surface area (Å²) in [6, 6.07) is 2.42. The minimum absolute atomic E-state index is 0.0986. The fourth-order valence-electron chi connectivity index (χ4n) is 1.93. The summed E-state index contributed by atoms with van der Waals surface area (Å²) in [6.07, 6.45) is 4.05. The van der Waals surface area contributed by atoms with Gasteiger partial charge in [0.1, 0.15) is 11.1 Å². The Bertz CT molecular complexity index is 594. The third-order valence-corrected chi connectivity index (χ3v) is 4.22. The fourth-order valence-corrected chi connectivity index (χ4v) is 2.47. The molecule has 0 saturated carbocycles. The first-order valence-electron chi connectivity index (χ1n) is 7.47. The number of methoxy groups -OCH3 is 1. The summed E-state index contributed by atoms with van der Waals surface area (Å²) in [7, 11) is 1.26. The predicted octanol–water partition coefficient (Wildman–Crippen LogP) is 1.66. The lowest BCUT2D eigenvalue weighted by Gasteiger charge is -2.21. The number of amides is 1. The molecule has 0 spiro atoms. The Hall–Kier alpha value is -2.09. The molecule has 1 heterocycles. The molecule has 0 aromatic carbocycles. The molecular weight excluding hydrogens is 332 g/mol. The molecule has 132 valence electrons. The number of nitrogens with one attached hydrogen (secondary N) is 1. The first-order valence-corrected chi connectivity index (χ1v) is 8.70. The molecular formula is C16H22N2O5S. The van der Waals surface area contributed by atoms with Gasteiger partial charge in [0.15, 0.2) is 6.61 Å². The van der Waals surface area contributed by atoms with Crippen molar-refractivity contribution in [1.82, 2.24) is 10.3 Å². The molecule has 0 bridgehead atoms. The molecule has 0 aliphatic carbocycles. The van der Waals surface area contributed by atoms with E-state index >= 15 is 0 Å². The van der Waals surface area contributed by atoms with E-state index in [2.05, 4.69) is 15.0 Å². The number of pyridine rings is 1. The monoisotopic (exact) mass is 354 g/mol. The van der Waals surface area contributed by atoms with E-state index in [9.17, 15) is 14.4 Å². The van der Waals surface area contributed by atoms with Crippen LogP contribution in [0.5, 0.6) is 0 Å². The molecule has 0 aliphatic rings. The maximum atomic E-state index is 12.0. The number of hydrogen-bond acceptors (Lipinski definition) is 7. The van der Waals surface area contributed by atoms with Gasteiger partial charge in [-0.25, -0.2) is 14.6 Å². The number of esters is 2. The van der Waals surface area contributed by atoms with Gasteiger partial charge < -0.3 is 14.8 Å². The maximum absolute atomic E-state index is 12.0. The highest BCUT2D eigenvalue weighted by Gasteiger charge is 2.27. The Kier molecular flexibility index (Phi) is 8.25. The van der Waals surface area contributed by atoms with Crippen LogP contribution in [-0.2, 0) is 19.1 Å². The predicted molar refractivity (Wildman–Crippen MR) is 89.7 cm³/mol. The van der Waals surface area contributed by atoms with Crippen LogP contribution in [0.15, 0.2) is 23.4 Å². The number of carbonyl (C=O) groups is 3. The Morgan fingerprint density at radius 3 is 2.67 bits per heavy atom. The molecule has 2 unspecified atom stereocenters. The zero-order chi connectivity index (χ0) is 18.1. The van der Waals surface area contributed by atoms with Crippen molar-refractivity contribution < 1.29 is 23.9 Å². The Balaban J connectivity index is 2.64. The van der Waals surface area contributed by atoms with Gasteiger partial charge in [-0.15, -0.1) is 11.8 Å². The van der Waals surface area contributed by atoms with E-state index in [1.165, 1.54) is 18.9 Å². The molecule has 1 N–H and O–H groups in total. The lowest BCUT2D eigenvalue weighted by Crippen LogP contribution is -2.47. The van der Waals surface area contributed by atoms with Crippen LogP contribution >= 0.6 is 11.8 Å². The summed E-state index contributed by atoms with van der Waals surface area (Å²) < 4.78 is 9.69. The average molecular weight is 354 g/mol. The van der Waals surface area contributed by atoms with Crippen molar-refractivity contribution in [3.63, 3.8) is 0 Å². The normalized spacial score (nSPS) is 12.8. The number of carbonyl (C=O) groups excluding carboxylic acids is 3. The van der Waals surface area contributed by atoms with Crippen LogP contribution in [0.4, 0.5) is 0 Å². The van der Waals surface area contributed by atoms with E-state index in [1.807, 2.05) is 13.8 Å². The molecule has 24 heavy (non-hydrogen) atoms. The number of nitrogens with zero attached hydrogens (tertiary/aromatic N) is 1. The van der Waals surface area contributed by atoms with E-state index < -0.39 is 30.5 Å². The zero-order valence-corrected chi connectivity index (χ0v) is 15.0. The van der Waals surface area contributed by atoms with Crippen LogP contribution in [0.2, 0.25) is 0 Å². The van der Waals surface area contributed by atoms with E-state index in [0.29, 0.717) is 17.0 Å². The lowest BCUT2D eigenvalue weighted by atomic mass is 9.99. The topological polar surface area (TPSA) is 94.6 Å². The first kappa shape index (κ1) is 20.0. The third-order valence-electron chi connectivity index (χ3n) is 3.50. The van der Waals surface area contributed by atoms with Crippen molar-refractivity contribution in [2.75, 3.05) is 20.0 Å². The van der Waals surface area contributed by atoms with Gasteiger partial charge in [-0.05, 0) is 24.3 Å². The molecule has 0 fully saturated rings. The van der Waals surface area contributed by atoms with Gasteiger partial charge in [-0.3, -0.25) is 4.79 Å². The van der Waals surface area contributed by atoms with E-state index in [0.717, 1.165) is 0 Å². The highest BCUT2D eigenvalue weighted by molar-refractivity contribution is 7.98. The summed E-state index contributed by atoms with van der Waals surface area (Å²) in [4.78, 5) is 39.8. The molecule has 1 aromatic heterocycles. The Labute approximate surface area is 145 Å². The Morgan fingerprint density at radius 1 is 1.38 bits per heavy atom. The summed E-state index contributed by atoms with van der Waals surface area (Å²) in [6.45, 7) is 3.25. The highest BCUT2D eigenvalue weighted by atomic mass is 32.2. The van der Waals surface area contributed by atoms with Crippen LogP contribution in [0.25, 0.3) is 0 Å². The summed E-state index contributed by atoms with van der Waals surface area (Å²) in [5, 5.41) is 3.07. The maximum Gasteiger partial charge on any atom is 0.341 e. The molecule has 8 heteroatoms. The van der Waals surface area contributed by atoms with Crippen molar-refractivity contribution in [1.29, 1.82) is 0 Å². The standard InChI is InChI=1S/C16H22N2O5S/c1-5-10(2)13(16(21)22-3)18-12(19)9-23-15(20)11-7-6-8-17-14(11)24-4/h6-8,10,13H,5,9H2,1-4H3,(H,18,19). The molecule has 0 radical (unpaired) electrons. The van der Waals surface area contributed by atoms with Crippen molar-refractivity contribution in [3.05, 3.63) is 23.9 Å². The van der Waals surface area contributed by atoms with Crippen LogP contribution in [0.3, 0.4) is 0 Å². The number of aromatic nitrogens is 1. The summed E-state index contributed by atoms with van der Waals surface area (Å²) >= 11 is 1.31. The van der Waals surface area contributed by atoms with Crippen LogP contribution in [0, 0.1) is 5.92 Å². The molecule has 1 rings (SSSR count). The minimum atomic E-state index is -0.772. The van der Waals surface area contributed by atoms with Crippen molar-refractivity contribution >= 4 is 29.6 Å². The summed E-state index contributed by atoms with van der Waals surface area (Å²) in [5.41, 5.74) is 0.296. The van der Waals surface area contributed by atoms with E-state index in [4.69, 9.17) is 4.74 Å². The van der Waals surface area contributed by atoms with Gasteiger partial charge in [-0.1, -0.05) is 20.3 Å². The Morgan fingerprint density at radius 2 is 2.08 bits per heavy atom. The van der Waals surface area contributed by atoms with Crippen molar-refractivity contribution in [2.24, 2.45) is 5.92 Å². The van der Waals surface area contributed by atoms with Crippen LogP contribution in [-0.4, -0.2) is 48.8 Å². The van der Waals surface area contributed by atoms with Crippen LogP contribution in [0.1, 0.15) is 30.6 Å². The summed E-state index contributed by atoms with van der Waals surface area (Å²) in [5.74, 6) is -1.83. The first-order chi connectivity index (χ1) is 11.4. The quantitative estimate of drug-likeness (QED) is 0.560. The van der Waals surface area contributed by atoms with Gasteiger partial charge >= 0.3 is 11.9 Å². The smallest absolute Gasteiger partial charge is 0.341 e. The molecule has 0 aliphatic heterocycles. The van der Waals surface area contributed by atoms with Gasteiger partial charge in [-0.2, -0.15) is 0 Å². The second kappa shape index (κ2) is 9.92. The second-order valence-corrected chi connectivity index (χ2v) is 5.89. The van der Waals surface area contributed by atoms with Gasteiger partial charge in [0, 0.05) is 6.20 Å². The SMILES string of the molecule is CCC(C)C(NC(=O)COC(=O)c1cccnc1SC)C(=O)OC. The highest BCUT2D eigenvalue weighted by Crippen LogP contribution is 2.17. The minimum Gasteiger partial charge on any atom is -0.467 e. The number of hydrogen-bond donors (Lipinski definition) is 1. The zero-order valence-electron chi connectivity index (χ0n) is 14.2. The number of ether oxygens (including phenoxy) is 2. The molecule has 2 atom stereocenters. The van der Waals surface area contributed by atoms with E-state index in [-0.39, 0.29) is 5.92 Å².